The van der Waals surface area contributed by atoms with Crippen molar-refractivity contribution in [3.05, 3.63) is 40.8 Å². The molecule has 1 aliphatic rings. The Balaban J connectivity index is 1.90. The molecule has 0 spiro atoms. The number of thiophene rings is 1. The van der Waals surface area contributed by atoms with Gasteiger partial charge in [-0.15, -0.1) is 11.3 Å². The minimum absolute atomic E-state index is 0.230. The van der Waals surface area contributed by atoms with Crippen LogP contribution < -0.4 is 4.72 Å². The van der Waals surface area contributed by atoms with Gasteiger partial charge < -0.3 is 0 Å². The Labute approximate surface area is 122 Å². The first-order valence-corrected chi connectivity index (χ1v) is 8.81. The van der Waals surface area contributed by atoms with Gasteiger partial charge in [0.1, 0.15) is 10.0 Å². The molecule has 0 radical (unpaired) electrons. The van der Waals surface area contributed by atoms with Crippen molar-refractivity contribution < 1.29 is 8.42 Å². The predicted molar refractivity (Wildman–Crippen MR) is 77.1 cm³/mol. The molecule has 7 heteroatoms. The van der Waals surface area contributed by atoms with Gasteiger partial charge in [-0.25, -0.2) is 23.1 Å². The Bertz CT molecular complexity index is 711. The Hall–Kier alpha value is -1.31. The zero-order valence-electron chi connectivity index (χ0n) is 11.0. The second-order valence-corrected chi connectivity index (χ2v) is 7.71. The van der Waals surface area contributed by atoms with Gasteiger partial charge in [-0.05, 0) is 37.6 Å². The number of hydrogen-bond acceptors (Lipinski definition) is 5. The SMILES string of the molecule is Cc1ncc2c(n1)CCC[C@H]2NS(=O)(=O)c1cccs1. The smallest absolute Gasteiger partial charge is 0.241 e. The minimum atomic E-state index is -3.46. The first-order valence-electron chi connectivity index (χ1n) is 6.44. The first kappa shape index (κ1) is 13.7. The standard InChI is InChI=1S/C13H15N3O2S2/c1-9-14-8-10-11(15-9)4-2-5-12(10)16-20(17,18)13-6-3-7-19-13/h3,6-8,12,16H,2,4-5H2,1H3/t12-/m1/s1. The average molecular weight is 309 g/mol. The normalized spacial score (nSPS) is 18.8. The number of aromatic nitrogens is 2. The monoisotopic (exact) mass is 309 g/mol. The van der Waals surface area contributed by atoms with E-state index < -0.39 is 10.0 Å². The number of aryl methyl sites for hydroxylation is 2. The quantitative estimate of drug-likeness (QED) is 0.943. The maximum absolute atomic E-state index is 12.3. The zero-order chi connectivity index (χ0) is 14.2. The van der Waals surface area contributed by atoms with Crippen LogP contribution in [0, 0.1) is 6.92 Å². The van der Waals surface area contributed by atoms with Crippen molar-refractivity contribution in [2.75, 3.05) is 0 Å². The average Bonchev–Trinajstić information content (AvgIpc) is 2.93. The summed E-state index contributed by atoms with van der Waals surface area (Å²) >= 11 is 1.22. The maximum atomic E-state index is 12.3. The van der Waals surface area contributed by atoms with E-state index in [9.17, 15) is 8.42 Å². The zero-order valence-corrected chi connectivity index (χ0v) is 12.7. The van der Waals surface area contributed by atoms with Crippen LogP contribution in [0.25, 0.3) is 0 Å². The van der Waals surface area contributed by atoms with Gasteiger partial charge in [0.05, 0.1) is 6.04 Å². The first-order chi connectivity index (χ1) is 9.56. The lowest BCUT2D eigenvalue weighted by molar-refractivity contribution is 0.500. The molecule has 1 N–H and O–H groups in total. The second kappa shape index (κ2) is 5.23. The van der Waals surface area contributed by atoms with E-state index >= 15 is 0 Å². The number of nitrogens with one attached hydrogen (secondary N) is 1. The van der Waals surface area contributed by atoms with Crippen molar-refractivity contribution in [1.29, 1.82) is 0 Å². The Morgan fingerprint density at radius 3 is 3.05 bits per heavy atom. The molecule has 0 aliphatic heterocycles. The maximum Gasteiger partial charge on any atom is 0.250 e. The Morgan fingerprint density at radius 1 is 1.45 bits per heavy atom. The lowest BCUT2D eigenvalue weighted by Crippen LogP contribution is -2.31. The molecular formula is C13H15N3O2S2. The third-order valence-electron chi connectivity index (χ3n) is 3.36. The van der Waals surface area contributed by atoms with E-state index in [0.29, 0.717) is 4.21 Å². The number of sulfonamides is 1. The highest BCUT2D eigenvalue weighted by Crippen LogP contribution is 2.30. The van der Waals surface area contributed by atoms with Gasteiger partial charge in [0.2, 0.25) is 0 Å². The number of nitrogens with zero attached hydrogens (tertiary/aromatic N) is 2. The third-order valence-corrected chi connectivity index (χ3v) is 6.23. The fourth-order valence-electron chi connectivity index (χ4n) is 2.43. The number of fused-ring (bicyclic) bond motifs is 1. The van der Waals surface area contributed by atoms with Crippen molar-refractivity contribution in [3.63, 3.8) is 0 Å². The van der Waals surface area contributed by atoms with Crippen molar-refractivity contribution in [3.8, 4) is 0 Å². The molecule has 2 aromatic rings. The summed E-state index contributed by atoms with van der Waals surface area (Å²) in [5.74, 6) is 0.727. The Morgan fingerprint density at radius 2 is 2.30 bits per heavy atom. The van der Waals surface area contributed by atoms with Crippen LogP contribution >= 0.6 is 11.3 Å². The van der Waals surface area contributed by atoms with Crippen LogP contribution in [0.2, 0.25) is 0 Å². The van der Waals surface area contributed by atoms with E-state index in [4.69, 9.17) is 0 Å². The molecule has 1 aliphatic carbocycles. The summed E-state index contributed by atoms with van der Waals surface area (Å²) in [6, 6.07) is 3.12. The van der Waals surface area contributed by atoms with Gasteiger partial charge in [-0.2, -0.15) is 0 Å². The van der Waals surface area contributed by atoms with E-state index in [2.05, 4.69) is 14.7 Å². The van der Waals surface area contributed by atoms with Crippen LogP contribution in [0.3, 0.4) is 0 Å². The van der Waals surface area contributed by atoms with Gasteiger partial charge in [0.25, 0.3) is 10.0 Å². The van der Waals surface area contributed by atoms with E-state index in [1.165, 1.54) is 11.3 Å². The fraction of sp³-hybridized carbons (Fsp3) is 0.385. The third kappa shape index (κ3) is 2.61. The molecule has 0 bridgehead atoms. The molecule has 20 heavy (non-hydrogen) atoms. The summed E-state index contributed by atoms with van der Waals surface area (Å²) in [7, 11) is -3.46. The molecule has 2 heterocycles. The molecule has 5 nitrogen and oxygen atoms in total. The molecule has 0 saturated carbocycles. The van der Waals surface area contributed by atoms with Crippen LogP contribution in [0.5, 0.6) is 0 Å². The summed E-state index contributed by atoms with van der Waals surface area (Å²) in [4.78, 5) is 8.61. The summed E-state index contributed by atoms with van der Waals surface area (Å²) in [5.41, 5.74) is 1.87. The van der Waals surface area contributed by atoms with Crippen molar-refractivity contribution in [1.82, 2.24) is 14.7 Å². The molecule has 2 aromatic heterocycles. The van der Waals surface area contributed by atoms with E-state index in [0.717, 1.165) is 36.3 Å². The molecule has 0 unspecified atom stereocenters. The fourth-order valence-corrected chi connectivity index (χ4v) is 4.69. The minimum Gasteiger partial charge on any atom is -0.241 e. The molecular weight excluding hydrogens is 294 g/mol. The molecule has 106 valence electrons. The molecule has 0 saturated heterocycles. The highest BCUT2D eigenvalue weighted by molar-refractivity contribution is 7.91. The van der Waals surface area contributed by atoms with Crippen molar-refractivity contribution in [2.45, 2.75) is 36.4 Å². The lowest BCUT2D eigenvalue weighted by atomic mass is 9.93. The molecule has 0 aromatic carbocycles. The lowest BCUT2D eigenvalue weighted by Gasteiger charge is -2.24. The van der Waals surface area contributed by atoms with Gasteiger partial charge in [-0.1, -0.05) is 6.07 Å². The molecule has 0 amide bonds. The van der Waals surface area contributed by atoms with Crippen LogP contribution in [0.15, 0.2) is 27.9 Å². The van der Waals surface area contributed by atoms with Crippen molar-refractivity contribution in [2.24, 2.45) is 0 Å². The van der Waals surface area contributed by atoms with Gasteiger partial charge in [0.15, 0.2) is 0 Å². The van der Waals surface area contributed by atoms with Gasteiger partial charge in [-0.3, -0.25) is 0 Å². The van der Waals surface area contributed by atoms with Gasteiger partial charge >= 0.3 is 0 Å². The number of hydrogen-bond donors (Lipinski definition) is 1. The van der Waals surface area contributed by atoms with Crippen LogP contribution in [0.4, 0.5) is 0 Å². The second-order valence-electron chi connectivity index (χ2n) is 4.82. The summed E-state index contributed by atoms with van der Waals surface area (Å²) in [6.07, 6.45) is 4.35. The van der Waals surface area contributed by atoms with Crippen LogP contribution in [0.1, 0.15) is 36.0 Å². The summed E-state index contributed by atoms with van der Waals surface area (Å²) in [5, 5.41) is 1.76. The largest absolute Gasteiger partial charge is 0.250 e. The van der Waals surface area contributed by atoms with E-state index in [1.54, 1.807) is 23.7 Å². The Kier molecular flexibility index (Phi) is 3.57. The highest BCUT2D eigenvalue weighted by atomic mass is 32.2. The number of rotatable bonds is 3. The molecule has 3 rings (SSSR count). The van der Waals surface area contributed by atoms with E-state index in [1.807, 2.05) is 6.92 Å². The highest BCUT2D eigenvalue weighted by Gasteiger charge is 2.27. The van der Waals surface area contributed by atoms with Gasteiger partial charge in [0, 0.05) is 17.5 Å². The summed E-state index contributed by atoms with van der Waals surface area (Å²) in [6.45, 7) is 1.85. The predicted octanol–water partition coefficient (Wildman–Crippen LogP) is 2.20. The van der Waals surface area contributed by atoms with Crippen molar-refractivity contribution >= 4 is 21.4 Å². The molecule has 0 fully saturated rings. The van der Waals surface area contributed by atoms with E-state index in [-0.39, 0.29) is 6.04 Å². The summed E-state index contributed by atoms with van der Waals surface area (Å²) < 4.78 is 27.7. The molecule has 1 atom stereocenters. The van der Waals surface area contributed by atoms with Crippen LogP contribution in [-0.4, -0.2) is 18.4 Å². The topological polar surface area (TPSA) is 72.0 Å². The van der Waals surface area contributed by atoms with Crippen LogP contribution in [-0.2, 0) is 16.4 Å².